The summed E-state index contributed by atoms with van der Waals surface area (Å²) in [5.74, 6) is -0.236. The normalized spacial score (nSPS) is 16.8. The summed E-state index contributed by atoms with van der Waals surface area (Å²) in [4.78, 5) is 24.1. The van der Waals surface area contributed by atoms with E-state index >= 15 is 0 Å². The van der Waals surface area contributed by atoms with Crippen molar-refractivity contribution >= 4 is 24.7 Å². The molecule has 0 aromatic heterocycles. The van der Waals surface area contributed by atoms with Crippen LogP contribution in [0.4, 0.5) is 0 Å². The van der Waals surface area contributed by atoms with Crippen LogP contribution in [-0.2, 0) is 14.3 Å². The van der Waals surface area contributed by atoms with Gasteiger partial charge in [-0.05, 0) is 27.2 Å². The summed E-state index contributed by atoms with van der Waals surface area (Å²) in [6.45, 7) is 7.13. The largest absolute Gasteiger partial charge is 0.459 e. The zero-order valence-electron chi connectivity index (χ0n) is 10.6. The smallest absolute Gasteiger partial charge is 0.320 e. The number of hydrogen-bond acceptors (Lipinski definition) is 4. The van der Waals surface area contributed by atoms with Crippen LogP contribution in [0.3, 0.4) is 0 Å². The summed E-state index contributed by atoms with van der Waals surface area (Å²) in [5.41, 5.74) is 0.297. The van der Waals surface area contributed by atoms with Crippen molar-refractivity contribution in [1.29, 1.82) is 0 Å². The molecule has 1 heterocycles. The molecule has 1 aliphatic rings. The van der Waals surface area contributed by atoms with Crippen LogP contribution >= 0.6 is 12.4 Å². The number of esters is 1. The van der Waals surface area contributed by atoms with Crippen LogP contribution in [0.1, 0.15) is 27.2 Å². The molecule has 0 fully saturated rings. The summed E-state index contributed by atoms with van der Waals surface area (Å²) < 4.78 is 5.22. The molecule has 0 aromatic carbocycles. The van der Waals surface area contributed by atoms with Crippen LogP contribution in [0, 0.1) is 0 Å². The molecule has 98 valence electrons. The number of carbonyl (C=O) groups excluding carboxylic acids is 2. The molecule has 1 aliphatic heterocycles. The van der Waals surface area contributed by atoms with E-state index in [4.69, 9.17) is 4.74 Å². The number of rotatable bonds is 3. The van der Waals surface area contributed by atoms with E-state index in [0.29, 0.717) is 6.54 Å². The van der Waals surface area contributed by atoms with E-state index in [0.717, 1.165) is 24.8 Å². The Morgan fingerprint density at radius 1 is 1.53 bits per heavy atom. The molecule has 4 nitrogen and oxygen atoms in total. The summed E-state index contributed by atoms with van der Waals surface area (Å²) >= 11 is 0. The summed E-state index contributed by atoms with van der Waals surface area (Å²) in [6, 6.07) is 0. The number of aldehydes is 1. The van der Waals surface area contributed by atoms with Gasteiger partial charge in [0.15, 0.2) is 0 Å². The Balaban J connectivity index is 0.00000256. The Labute approximate surface area is 108 Å². The molecule has 17 heavy (non-hydrogen) atoms. The standard InChI is InChI=1S/C12H19NO3.ClH/c1-12(2,3)16-11(15)8-13-6-4-5-10(7-13)9-14;/h5,9H,4,6-8H2,1-3H3;1H. The van der Waals surface area contributed by atoms with Crippen molar-refractivity contribution in [1.82, 2.24) is 4.90 Å². The van der Waals surface area contributed by atoms with E-state index in [1.165, 1.54) is 0 Å². The molecule has 0 radical (unpaired) electrons. The van der Waals surface area contributed by atoms with E-state index in [9.17, 15) is 9.59 Å². The van der Waals surface area contributed by atoms with Gasteiger partial charge in [0.2, 0.25) is 0 Å². The maximum absolute atomic E-state index is 11.6. The molecular formula is C12H20ClNO3. The zero-order chi connectivity index (χ0) is 12.2. The van der Waals surface area contributed by atoms with Crippen molar-refractivity contribution < 1.29 is 14.3 Å². The first-order chi connectivity index (χ1) is 7.40. The highest BCUT2D eigenvalue weighted by Gasteiger charge is 2.20. The van der Waals surface area contributed by atoms with Crippen LogP contribution in [-0.4, -0.2) is 42.4 Å². The predicted octanol–water partition coefficient (Wildman–Crippen LogP) is 1.58. The quantitative estimate of drug-likeness (QED) is 0.572. The molecule has 0 bridgehead atoms. The molecule has 5 heteroatoms. The van der Waals surface area contributed by atoms with Gasteiger partial charge in [0.25, 0.3) is 0 Å². The number of ether oxygens (including phenoxy) is 1. The second-order valence-corrected chi connectivity index (χ2v) is 4.98. The van der Waals surface area contributed by atoms with E-state index in [2.05, 4.69) is 0 Å². The Hall–Kier alpha value is -0.870. The zero-order valence-corrected chi connectivity index (χ0v) is 11.4. The van der Waals surface area contributed by atoms with E-state index in [-0.39, 0.29) is 24.9 Å². The van der Waals surface area contributed by atoms with Crippen LogP contribution < -0.4 is 0 Å². The van der Waals surface area contributed by atoms with Gasteiger partial charge in [-0.1, -0.05) is 6.08 Å². The van der Waals surface area contributed by atoms with Gasteiger partial charge in [-0.15, -0.1) is 12.4 Å². The first-order valence-corrected chi connectivity index (χ1v) is 5.49. The lowest BCUT2D eigenvalue weighted by atomic mass is 10.1. The summed E-state index contributed by atoms with van der Waals surface area (Å²) in [5, 5.41) is 0. The monoisotopic (exact) mass is 261 g/mol. The number of carbonyl (C=O) groups is 2. The minimum absolute atomic E-state index is 0. The lowest BCUT2D eigenvalue weighted by Gasteiger charge is -2.26. The van der Waals surface area contributed by atoms with Gasteiger partial charge in [-0.25, -0.2) is 0 Å². The van der Waals surface area contributed by atoms with Gasteiger partial charge in [-0.2, -0.15) is 0 Å². The molecule has 0 spiro atoms. The van der Waals surface area contributed by atoms with Crippen molar-refractivity contribution in [2.24, 2.45) is 0 Å². The second kappa shape index (κ2) is 6.77. The highest BCUT2D eigenvalue weighted by Crippen LogP contribution is 2.10. The van der Waals surface area contributed by atoms with Gasteiger partial charge >= 0.3 is 5.97 Å². The van der Waals surface area contributed by atoms with Crippen molar-refractivity contribution in [3.8, 4) is 0 Å². The molecule has 0 unspecified atom stereocenters. The van der Waals surface area contributed by atoms with Crippen LogP contribution in [0.2, 0.25) is 0 Å². The highest BCUT2D eigenvalue weighted by molar-refractivity contribution is 5.85. The molecule has 0 aromatic rings. The number of hydrogen-bond donors (Lipinski definition) is 0. The van der Waals surface area contributed by atoms with Crippen molar-refractivity contribution in [2.75, 3.05) is 19.6 Å². The molecule has 1 rings (SSSR count). The third-order valence-corrected chi connectivity index (χ3v) is 2.18. The van der Waals surface area contributed by atoms with Gasteiger partial charge in [0.1, 0.15) is 11.9 Å². The van der Waals surface area contributed by atoms with E-state index in [1.54, 1.807) is 0 Å². The molecule has 0 saturated carbocycles. The molecule has 0 amide bonds. The highest BCUT2D eigenvalue weighted by atomic mass is 35.5. The minimum atomic E-state index is -0.448. The fourth-order valence-corrected chi connectivity index (χ4v) is 1.61. The van der Waals surface area contributed by atoms with Gasteiger partial charge < -0.3 is 4.74 Å². The van der Waals surface area contributed by atoms with Crippen LogP contribution in [0.25, 0.3) is 0 Å². The minimum Gasteiger partial charge on any atom is -0.459 e. The van der Waals surface area contributed by atoms with Crippen LogP contribution in [0.15, 0.2) is 11.6 Å². The third-order valence-electron chi connectivity index (χ3n) is 2.18. The molecule has 0 atom stereocenters. The first-order valence-electron chi connectivity index (χ1n) is 5.49. The predicted molar refractivity (Wildman–Crippen MR) is 68.3 cm³/mol. The fraction of sp³-hybridized carbons (Fsp3) is 0.667. The lowest BCUT2D eigenvalue weighted by molar-refractivity contribution is -0.156. The first kappa shape index (κ1) is 16.1. The molecule has 0 saturated heterocycles. The molecule has 0 aliphatic carbocycles. The van der Waals surface area contributed by atoms with Crippen molar-refractivity contribution in [3.63, 3.8) is 0 Å². The van der Waals surface area contributed by atoms with Gasteiger partial charge in [0.05, 0.1) is 6.54 Å². The average molecular weight is 262 g/mol. The van der Waals surface area contributed by atoms with E-state index in [1.807, 2.05) is 31.7 Å². The molecular weight excluding hydrogens is 242 g/mol. The van der Waals surface area contributed by atoms with Crippen molar-refractivity contribution in [3.05, 3.63) is 11.6 Å². The third kappa shape index (κ3) is 6.44. The SMILES string of the molecule is CC(C)(C)OC(=O)CN1CCC=C(C=O)C1.Cl. The average Bonchev–Trinajstić information content (AvgIpc) is 2.15. The van der Waals surface area contributed by atoms with Gasteiger partial charge in [0, 0.05) is 18.7 Å². The Morgan fingerprint density at radius 2 is 2.18 bits per heavy atom. The lowest BCUT2D eigenvalue weighted by Crippen LogP contribution is -2.38. The fourth-order valence-electron chi connectivity index (χ4n) is 1.61. The topological polar surface area (TPSA) is 46.6 Å². The summed E-state index contributed by atoms with van der Waals surface area (Å²) in [6.07, 6.45) is 3.58. The maximum Gasteiger partial charge on any atom is 0.320 e. The van der Waals surface area contributed by atoms with E-state index < -0.39 is 5.60 Å². The molecule has 0 N–H and O–H groups in total. The Bertz CT molecular complexity index is 307. The maximum atomic E-state index is 11.6. The Kier molecular flexibility index (Phi) is 6.42. The van der Waals surface area contributed by atoms with Gasteiger partial charge in [-0.3, -0.25) is 14.5 Å². The Morgan fingerprint density at radius 3 is 2.71 bits per heavy atom. The summed E-state index contributed by atoms with van der Waals surface area (Å²) in [7, 11) is 0. The second-order valence-electron chi connectivity index (χ2n) is 4.98. The number of halogens is 1. The van der Waals surface area contributed by atoms with Crippen molar-refractivity contribution in [2.45, 2.75) is 32.8 Å². The van der Waals surface area contributed by atoms with Crippen LogP contribution in [0.5, 0.6) is 0 Å². The number of nitrogens with zero attached hydrogens (tertiary/aromatic N) is 1.